The van der Waals surface area contributed by atoms with E-state index in [-0.39, 0.29) is 35.9 Å². The summed E-state index contributed by atoms with van der Waals surface area (Å²) in [6.45, 7) is 5.41. The van der Waals surface area contributed by atoms with E-state index in [1.807, 2.05) is 12.1 Å². The topological polar surface area (TPSA) is 83.0 Å². The second kappa shape index (κ2) is 13.4. The molecule has 0 saturated carbocycles. The van der Waals surface area contributed by atoms with Gasteiger partial charge in [0.1, 0.15) is 0 Å². The number of carbonyl (C=O) groups excluding carboxylic acids is 2. The van der Waals surface area contributed by atoms with E-state index in [4.69, 9.17) is 9.73 Å². The molecule has 1 fully saturated rings. The van der Waals surface area contributed by atoms with Gasteiger partial charge in [-0.3, -0.25) is 9.79 Å². The van der Waals surface area contributed by atoms with Crippen LogP contribution in [-0.4, -0.2) is 63.1 Å². The zero-order chi connectivity index (χ0) is 20.4. The molecule has 1 aliphatic rings. The van der Waals surface area contributed by atoms with Crippen molar-refractivity contribution in [2.24, 2.45) is 10.9 Å². The predicted molar refractivity (Wildman–Crippen MR) is 126 cm³/mol. The van der Waals surface area contributed by atoms with Gasteiger partial charge < -0.3 is 20.3 Å². The van der Waals surface area contributed by atoms with Crippen LogP contribution in [0.4, 0.5) is 0 Å². The van der Waals surface area contributed by atoms with Gasteiger partial charge in [-0.2, -0.15) is 0 Å². The molecule has 1 aromatic carbocycles. The molecule has 0 radical (unpaired) electrons. The minimum absolute atomic E-state index is 0. The molecule has 2 N–H and O–H groups in total. The first-order chi connectivity index (χ1) is 13.6. The maximum absolute atomic E-state index is 11.6. The normalized spacial score (nSPS) is 14.7. The number of piperidine rings is 1. The van der Waals surface area contributed by atoms with Gasteiger partial charge in [0.2, 0.25) is 5.91 Å². The summed E-state index contributed by atoms with van der Waals surface area (Å²) in [5.74, 6) is 1.19. The Balaban J connectivity index is 0.00000420. The average Bonchev–Trinajstić information content (AvgIpc) is 2.73. The van der Waals surface area contributed by atoms with Gasteiger partial charge in [0.15, 0.2) is 5.96 Å². The van der Waals surface area contributed by atoms with Crippen LogP contribution in [0.15, 0.2) is 29.3 Å². The van der Waals surface area contributed by atoms with Crippen LogP contribution in [-0.2, 0) is 16.0 Å². The summed E-state index contributed by atoms with van der Waals surface area (Å²) in [6, 6.07) is 7.46. The Bertz CT molecular complexity index is 671. The molecule has 0 atom stereocenters. The summed E-state index contributed by atoms with van der Waals surface area (Å²) < 4.78 is 4.72. The highest BCUT2D eigenvalue weighted by molar-refractivity contribution is 14.0. The van der Waals surface area contributed by atoms with Crippen molar-refractivity contribution < 1.29 is 14.3 Å². The maximum atomic E-state index is 11.6. The molecular weight excluding hydrogens is 483 g/mol. The van der Waals surface area contributed by atoms with Gasteiger partial charge in [-0.15, -0.1) is 24.0 Å². The van der Waals surface area contributed by atoms with Gasteiger partial charge >= 0.3 is 5.97 Å². The molecule has 1 saturated heterocycles. The zero-order valence-corrected chi connectivity index (χ0v) is 19.9. The summed E-state index contributed by atoms with van der Waals surface area (Å²) in [7, 11) is 3.07. The number of nitrogens with one attached hydrogen (secondary N) is 2. The van der Waals surface area contributed by atoms with Gasteiger partial charge in [-0.05, 0) is 49.8 Å². The standard InChI is InChI=1S/C21H32N4O3.HI/c1-4-23-21(25-13-10-17(11-14-25)15-19(26)22-2)24-12-9-16-5-7-18(8-6-16)20(27)28-3;/h5-8,17H,4,9-15H2,1-3H3,(H,22,26)(H,23,24);1H. The summed E-state index contributed by atoms with van der Waals surface area (Å²) in [5, 5.41) is 6.08. The van der Waals surface area contributed by atoms with Gasteiger partial charge in [0.25, 0.3) is 0 Å². The fraction of sp³-hybridized carbons (Fsp3) is 0.571. The van der Waals surface area contributed by atoms with E-state index in [0.717, 1.165) is 50.4 Å². The molecule has 1 amide bonds. The van der Waals surface area contributed by atoms with E-state index in [2.05, 4.69) is 22.5 Å². The second-order valence-electron chi connectivity index (χ2n) is 6.98. The van der Waals surface area contributed by atoms with E-state index < -0.39 is 0 Å². The van der Waals surface area contributed by atoms with Crippen molar-refractivity contribution in [1.29, 1.82) is 0 Å². The lowest BCUT2D eigenvalue weighted by Crippen LogP contribution is -2.46. The number of hydrogen-bond acceptors (Lipinski definition) is 4. The Labute approximate surface area is 190 Å². The van der Waals surface area contributed by atoms with Crippen molar-refractivity contribution in [3.8, 4) is 0 Å². The average molecular weight is 516 g/mol. The molecule has 0 spiro atoms. The van der Waals surface area contributed by atoms with Gasteiger partial charge in [0.05, 0.1) is 12.7 Å². The van der Waals surface area contributed by atoms with Crippen LogP contribution >= 0.6 is 24.0 Å². The number of guanidine groups is 1. The molecular formula is C21H33IN4O3. The number of benzene rings is 1. The SMILES string of the molecule is CCNC(=NCCc1ccc(C(=O)OC)cc1)N1CCC(CC(=O)NC)CC1.I. The lowest BCUT2D eigenvalue weighted by Gasteiger charge is -2.34. The summed E-state index contributed by atoms with van der Waals surface area (Å²) >= 11 is 0. The van der Waals surface area contributed by atoms with Crippen LogP contribution in [0.1, 0.15) is 42.1 Å². The molecule has 0 aliphatic carbocycles. The number of methoxy groups -OCH3 is 1. The Morgan fingerprint density at radius 3 is 2.41 bits per heavy atom. The van der Waals surface area contributed by atoms with Gasteiger partial charge in [-0.25, -0.2) is 4.79 Å². The lowest BCUT2D eigenvalue weighted by molar-refractivity contribution is -0.121. The number of aliphatic imine (C=N–C) groups is 1. The molecule has 1 heterocycles. The molecule has 162 valence electrons. The first-order valence-electron chi connectivity index (χ1n) is 9.98. The van der Waals surface area contributed by atoms with Gasteiger partial charge in [0, 0.05) is 39.6 Å². The molecule has 0 bridgehead atoms. The second-order valence-corrected chi connectivity index (χ2v) is 6.98. The first-order valence-corrected chi connectivity index (χ1v) is 9.98. The summed E-state index contributed by atoms with van der Waals surface area (Å²) in [6.07, 6.45) is 3.43. The minimum Gasteiger partial charge on any atom is -0.465 e. The van der Waals surface area contributed by atoms with Crippen molar-refractivity contribution in [3.05, 3.63) is 35.4 Å². The van der Waals surface area contributed by atoms with E-state index >= 15 is 0 Å². The Kier molecular flexibility index (Phi) is 11.6. The van der Waals surface area contributed by atoms with E-state index in [1.54, 1.807) is 19.2 Å². The molecule has 0 aromatic heterocycles. The third-order valence-corrected chi connectivity index (χ3v) is 5.04. The molecule has 29 heavy (non-hydrogen) atoms. The zero-order valence-electron chi connectivity index (χ0n) is 17.6. The van der Waals surface area contributed by atoms with E-state index in [9.17, 15) is 9.59 Å². The van der Waals surface area contributed by atoms with Crippen molar-refractivity contribution in [2.45, 2.75) is 32.6 Å². The summed E-state index contributed by atoms with van der Waals surface area (Å²) in [4.78, 5) is 30.1. The molecule has 7 nitrogen and oxygen atoms in total. The quantitative estimate of drug-likeness (QED) is 0.252. The number of carbonyl (C=O) groups is 2. The molecule has 0 unspecified atom stereocenters. The number of hydrogen-bond donors (Lipinski definition) is 2. The van der Waals surface area contributed by atoms with Crippen LogP contribution in [0.2, 0.25) is 0 Å². The molecule has 1 aromatic rings. The largest absolute Gasteiger partial charge is 0.465 e. The number of ether oxygens (including phenoxy) is 1. The fourth-order valence-electron chi connectivity index (χ4n) is 3.36. The molecule has 1 aliphatic heterocycles. The van der Waals surface area contributed by atoms with Crippen LogP contribution in [0.25, 0.3) is 0 Å². The third kappa shape index (κ3) is 8.20. The van der Waals surface area contributed by atoms with E-state index in [1.165, 1.54) is 7.11 Å². The number of likely N-dealkylation sites (tertiary alicyclic amines) is 1. The lowest BCUT2D eigenvalue weighted by atomic mass is 9.93. The maximum Gasteiger partial charge on any atom is 0.337 e. The number of rotatable bonds is 7. The Morgan fingerprint density at radius 1 is 1.21 bits per heavy atom. The van der Waals surface area contributed by atoms with Crippen LogP contribution < -0.4 is 10.6 Å². The number of halogens is 1. The van der Waals surface area contributed by atoms with Crippen LogP contribution in [0, 0.1) is 5.92 Å². The Morgan fingerprint density at radius 2 is 1.86 bits per heavy atom. The smallest absolute Gasteiger partial charge is 0.337 e. The molecule has 2 rings (SSSR count). The van der Waals surface area contributed by atoms with Crippen molar-refractivity contribution in [2.75, 3.05) is 40.3 Å². The highest BCUT2D eigenvalue weighted by atomic mass is 127. The first kappa shape index (κ1) is 25.2. The van der Waals surface area contributed by atoms with Crippen LogP contribution in [0.5, 0.6) is 0 Å². The Hall–Kier alpha value is -1.84. The molecule has 8 heteroatoms. The third-order valence-electron chi connectivity index (χ3n) is 5.04. The number of nitrogens with zero attached hydrogens (tertiary/aromatic N) is 2. The minimum atomic E-state index is -0.321. The summed E-state index contributed by atoms with van der Waals surface area (Å²) in [5.41, 5.74) is 1.69. The van der Waals surface area contributed by atoms with E-state index in [0.29, 0.717) is 24.4 Å². The highest BCUT2D eigenvalue weighted by Gasteiger charge is 2.22. The fourth-order valence-corrected chi connectivity index (χ4v) is 3.36. The van der Waals surface area contributed by atoms with Crippen molar-refractivity contribution >= 4 is 41.8 Å². The van der Waals surface area contributed by atoms with Crippen molar-refractivity contribution in [3.63, 3.8) is 0 Å². The van der Waals surface area contributed by atoms with Crippen molar-refractivity contribution in [1.82, 2.24) is 15.5 Å². The van der Waals surface area contributed by atoms with Gasteiger partial charge in [-0.1, -0.05) is 12.1 Å². The number of esters is 1. The highest BCUT2D eigenvalue weighted by Crippen LogP contribution is 2.20. The predicted octanol–water partition coefficient (Wildman–Crippen LogP) is 2.45. The monoisotopic (exact) mass is 516 g/mol. The van der Waals surface area contributed by atoms with Crippen LogP contribution in [0.3, 0.4) is 0 Å². The number of amides is 1.